The maximum Gasteiger partial charge on any atom is 0.165 e. The van der Waals surface area contributed by atoms with E-state index in [2.05, 4.69) is 24.5 Å². The zero-order valence-corrected chi connectivity index (χ0v) is 14.2. The molecule has 5 rings (SSSR count). The molecule has 0 radical (unpaired) electrons. The van der Waals surface area contributed by atoms with Crippen molar-refractivity contribution < 1.29 is 14.9 Å². The lowest BCUT2D eigenvalue weighted by Crippen LogP contribution is -2.72. The molecule has 0 aromatic heterocycles. The molecule has 2 aliphatic heterocycles. The molecule has 1 unspecified atom stereocenters. The fourth-order valence-corrected chi connectivity index (χ4v) is 6.44. The first-order chi connectivity index (χ1) is 11.5. The Morgan fingerprint density at radius 1 is 1.42 bits per heavy atom. The Balaban J connectivity index is 1.78. The summed E-state index contributed by atoms with van der Waals surface area (Å²) < 4.78 is 6.24. The van der Waals surface area contributed by atoms with Crippen LogP contribution in [0.4, 0.5) is 0 Å². The fourth-order valence-electron chi connectivity index (χ4n) is 6.44. The van der Waals surface area contributed by atoms with Crippen LogP contribution in [-0.2, 0) is 11.8 Å². The lowest BCUT2D eigenvalue weighted by molar-refractivity contribution is -0.150. The van der Waals surface area contributed by atoms with E-state index in [-0.39, 0.29) is 22.7 Å². The van der Waals surface area contributed by atoms with Crippen molar-refractivity contribution in [1.82, 2.24) is 4.90 Å². The van der Waals surface area contributed by atoms with Crippen molar-refractivity contribution in [3.63, 3.8) is 0 Å². The van der Waals surface area contributed by atoms with Crippen LogP contribution in [0.5, 0.6) is 11.5 Å². The maximum absolute atomic E-state index is 10.7. The van der Waals surface area contributed by atoms with Gasteiger partial charge in [0.15, 0.2) is 11.5 Å². The summed E-state index contributed by atoms with van der Waals surface area (Å²) in [6.07, 6.45) is 5.04. The van der Waals surface area contributed by atoms with E-state index >= 15 is 0 Å². The molecule has 4 heteroatoms. The van der Waals surface area contributed by atoms with E-state index in [1.54, 1.807) is 6.07 Å². The van der Waals surface area contributed by atoms with Crippen molar-refractivity contribution in [2.24, 2.45) is 5.41 Å². The smallest absolute Gasteiger partial charge is 0.165 e. The third-order valence-corrected chi connectivity index (χ3v) is 7.47. The zero-order valence-electron chi connectivity index (χ0n) is 14.2. The Morgan fingerprint density at radius 3 is 3.04 bits per heavy atom. The number of phenolic OH excluding ortho intramolecular Hbond substituents is 1. The summed E-state index contributed by atoms with van der Waals surface area (Å²) in [5.41, 5.74) is 2.37. The molecule has 0 amide bonds. The molecule has 1 aromatic carbocycles. The van der Waals surface area contributed by atoms with Gasteiger partial charge in [0.05, 0.1) is 6.10 Å². The van der Waals surface area contributed by atoms with Gasteiger partial charge in [-0.05, 0) is 49.3 Å². The highest BCUT2D eigenvalue weighted by Crippen LogP contribution is 2.68. The average molecular weight is 327 g/mol. The summed E-state index contributed by atoms with van der Waals surface area (Å²) in [6.45, 7) is 8.23. The molecule has 1 spiro atoms. The van der Waals surface area contributed by atoms with E-state index in [9.17, 15) is 10.2 Å². The molecule has 2 aliphatic carbocycles. The maximum atomic E-state index is 10.7. The third kappa shape index (κ3) is 1.44. The molecular formula is C20H25NO3. The average Bonchev–Trinajstić information content (AvgIpc) is 2.91. The van der Waals surface area contributed by atoms with Crippen LogP contribution in [0.15, 0.2) is 24.8 Å². The van der Waals surface area contributed by atoms with Gasteiger partial charge in [-0.3, -0.25) is 4.90 Å². The van der Waals surface area contributed by atoms with Crippen LogP contribution in [0, 0.1) is 5.41 Å². The van der Waals surface area contributed by atoms with E-state index in [1.165, 1.54) is 11.1 Å². The minimum atomic E-state index is -0.456. The minimum absolute atomic E-state index is 0.0597. The zero-order chi connectivity index (χ0) is 16.7. The van der Waals surface area contributed by atoms with Crippen LogP contribution >= 0.6 is 0 Å². The van der Waals surface area contributed by atoms with E-state index in [1.807, 2.05) is 6.08 Å². The van der Waals surface area contributed by atoms with Crippen molar-refractivity contribution in [2.75, 3.05) is 13.1 Å². The summed E-state index contributed by atoms with van der Waals surface area (Å²) >= 11 is 0. The Labute approximate surface area is 142 Å². The van der Waals surface area contributed by atoms with Gasteiger partial charge in [0.1, 0.15) is 6.10 Å². The van der Waals surface area contributed by atoms with E-state index in [0.29, 0.717) is 11.8 Å². The Morgan fingerprint density at radius 2 is 2.25 bits per heavy atom. The second kappa shape index (κ2) is 4.55. The van der Waals surface area contributed by atoms with Gasteiger partial charge < -0.3 is 14.9 Å². The molecule has 24 heavy (non-hydrogen) atoms. The number of phenols is 1. The first-order valence-corrected chi connectivity index (χ1v) is 9.08. The van der Waals surface area contributed by atoms with E-state index < -0.39 is 6.10 Å². The van der Waals surface area contributed by atoms with Gasteiger partial charge in [-0.1, -0.05) is 19.1 Å². The number of aliphatic hydroxyl groups excluding tert-OH is 1. The predicted octanol–water partition coefficient (Wildman–Crippen LogP) is 2.37. The van der Waals surface area contributed by atoms with E-state index in [4.69, 9.17) is 4.74 Å². The third-order valence-electron chi connectivity index (χ3n) is 7.47. The molecule has 1 aromatic rings. The molecular weight excluding hydrogens is 302 g/mol. The Kier molecular flexibility index (Phi) is 2.81. The molecule has 1 saturated carbocycles. The highest BCUT2D eigenvalue weighted by Gasteiger charge is 2.70. The summed E-state index contributed by atoms with van der Waals surface area (Å²) in [4.78, 5) is 2.56. The van der Waals surface area contributed by atoms with Gasteiger partial charge in [0.25, 0.3) is 0 Å². The number of likely N-dealkylation sites (tertiary alicyclic amines) is 1. The van der Waals surface area contributed by atoms with Gasteiger partial charge in [0.2, 0.25) is 0 Å². The Hall–Kier alpha value is -1.52. The molecule has 2 heterocycles. The van der Waals surface area contributed by atoms with Crippen LogP contribution in [0.25, 0.3) is 0 Å². The molecule has 4 nitrogen and oxygen atoms in total. The number of hydrogen-bond donors (Lipinski definition) is 2. The molecule has 128 valence electrons. The second-order valence-corrected chi connectivity index (χ2v) is 8.23. The first-order valence-electron chi connectivity index (χ1n) is 9.08. The number of nitrogens with zero attached hydrogens (tertiary/aromatic N) is 1. The normalized spacial score (nSPS) is 42.3. The largest absolute Gasteiger partial charge is 0.504 e. The lowest BCUT2D eigenvalue weighted by Gasteiger charge is -2.65. The van der Waals surface area contributed by atoms with Crippen molar-refractivity contribution in [3.05, 3.63) is 35.9 Å². The highest BCUT2D eigenvalue weighted by atomic mass is 16.5. The van der Waals surface area contributed by atoms with Gasteiger partial charge in [0, 0.05) is 23.6 Å². The van der Waals surface area contributed by atoms with Crippen LogP contribution < -0.4 is 4.74 Å². The van der Waals surface area contributed by atoms with Crippen LogP contribution in [0.1, 0.15) is 37.3 Å². The molecule has 4 aliphatic rings. The molecule has 5 atom stereocenters. The van der Waals surface area contributed by atoms with Gasteiger partial charge in [-0.2, -0.15) is 0 Å². The quantitative estimate of drug-likeness (QED) is 0.819. The first kappa shape index (κ1) is 14.8. The van der Waals surface area contributed by atoms with Crippen molar-refractivity contribution >= 4 is 0 Å². The molecule has 1 saturated heterocycles. The molecule has 2 N–H and O–H groups in total. The lowest BCUT2D eigenvalue weighted by atomic mass is 9.44. The number of rotatable bonds is 2. The number of aromatic hydroxyl groups is 1. The SMILES string of the molecule is C=CCN1CC[C@]23c4c5ccc(O)c4O[C@H]2[C@@H](O)CC[C@@]3(C)C1C5. The topological polar surface area (TPSA) is 52.9 Å². The summed E-state index contributed by atoms with van der Waals surface area (Å²) in [7, 11) is 0. The van der Waals surface area contributed by atoms with Gasteiger partial charge in [-0.15, -0.1) is 6.58 Å². The van der Waals surface area contributed by atoms with Gasteiger partial charge in [-0.25, -0.2) is 0 Å². The monoisotopic (exact) mass is 327 g/mol. The van der Waals surface area contributed by atoms with Crippen LogP contribution in [0.3, 0.4) is 0 Å². The number of piperidine rings is 1. The molecule has 2 fully saturated rings. The van der Waals surface area contributed by atoms with Crippen LogP contribution in [-0.4, -0.2) is 46.5 Å². The summed E-state index contributed by atoms with van der Waals surface area (Å²) in [5.74, 6) is 0.861. The summed E-state index contributed by atoms with van der Waals surface area (Å²) in [5, 5.41) is 21.1. The van der Waals surface area contributed by atoms with E-state index in [0.717, 1.165) is 38.8 Å². The van der Waals surface area contributed by atoms with Crippen molar-refractivity contribution in [1.29, 1.82) is 0 Å². The van der Waals surface area contributed by atoms with Crippen molar-refractivity contribution in [2.45, 2.75) is 56.3 Å². The Bertz CT molecular complexity index is 732. The number of aliphatic hydroxyl groups is 1. The second-order valence-electron chi connectivity index (χ2n) is 8.23. The van der Waals surface area contributed by atoms with Crippen LogP contribution in [0.2, 0.25) is 0 Å². The summed E-state index contributed by atoms with van der Waals surface area (Å²) in [6, 6.07) is 4.25. The number of benzene rings is 1. The number of ether oxygens (including phenoxy) is 1. The van der Waals surface area contributed by atoms with Crippen molar-refractivity contribution in [3.8, 4) is 11.5 Å². The number of hydrogen-bond acceptors (Lipinski definition) is 4. The standard InChI is InChI=1S/C20H25NO3/c1-3-9-21-10-8-20-16-12-4-5-13(22)17(16)24-18(20)14(23)6-7-19(20,2)15(21)11-12/h3-5,14-15,18,22-23H,1,6-11H2,2H3/t14-,15?,18-,19-,20-/m0/s1. The fraction of sp³-hybridized carbons (Fsp3) is 0.600. The van der Waals surface area contributed by atoms with Gasteiger partial charge >= 0.3 is 0 Å². The highest BCUT2D eigenvalue weighted by molar-refractivity contribution is 5.61. The minimum Gasteiger partial charge on any atom is -0.504 e. The molecule has 2 bridgehead atoms. The predicted molar refractivity (Wildman–Crippen MR) is 91.4 cm³/mol.